The topological polar surface area (TPSA) is 76.9 Å². The first kappa shape index (κ1) is 23.3. The molecule has 1 aliphatic heterocycles. The van der Waals surface area contributed by atoms with Gasteiger partial charge in [-0.2, -0.15) is 5.10 Å². The van der Waals surface area contributed by atoms with Gasteiger partial charge in [-0.05, 0) is 69.9 Å². The van der Waals surface area contributed by atoms with Gasteiger partial charge in [0, 0.05) is 41.2 Å². The lowest BCUT2D eigenvalue weighted by Gasteiger charge is -2.30. The predicted molar refractivity (Wildman–Crippen MR) is 140 cm³/mol. The number of nitrogens with one attached hydrogen (secondary N) is 2. The quantitative estimate of drug-likeness (QED) is 0.419. The van der Waals surface area contributed by atoms with Crippen molar-refractivity contribution in [3.8, 4) is 17.0 Å². The smallest absolute Gasteiger partial charge is 0.411 e. The molecule has 1 aliphatic carbocycles. The van der Waals surface area contributed by atoms with Gasteiger partial charge in [0.1, 0.15) is 5.75 Å². The number of aromatic nitrogens is 1. The summed E-state index contributed by atoms with van der Waals surface area (Å²) in [5.41, 5.74) is 9.67. The van der Waals surface area contributed by atoms with Crippen molar-refractivity contribution < 1.29 is 14.3 Å². The first-order valence-electron chi connectivity index (χ1n) is 12.7. The Labute approximate surface area is 206 Å². The van der Waals surface area contributed by atoms with Gasteiger partial charge in [-0.25, -0.2) is 4.79 Å². The number of hydrogen-bond acceptors (Lipinski definition) is 5. The third-order valence-corrected chi connectivity index (χ3v) is 6.79. The fourth-order valence-corrected chi connectivity index (χ4v) is 4.96. The number of anilines is 1. The van der Waals surface area contributed by atoms with Crippen LogP contribution in [-0.4, -0.2) is 35.6 Å². The van der Waals surface area contributed by atoms with Gasteiger partial charge in [0.15, 0.2) is 0 Å². The van der Waals surface area contributed by atoms with E-state index in [1.807, 2.05) is 32.9 Å². The van der Waals surface area contributed by atoms with E-state index in [1.165, 1.54) is 28.6 Å². The summed E-state index contributed by atoms with van der Waals surface area (Å²) >= 11 is 0. The Kier molecular flexibility index (Phi) is 6.41. The van der Waals surface area contributed by atoms with Gasteiger partial charge >= 0.3 is 6.09 Å². The second-order valence-corrected chi connectivity index (χ2v) is 9.71. The maximum absolute atomic E-state index is 12.1. The van der Waals surface area contributed by atoms with Crippen LogP contribution >= 0.6 is 0 Å². The van der Waals surface area contributed by atoms with Crippen molar-refractivity contribution in [3.05, 3.63) is 48.0 Å². The molecule has 2 N–H and O–H groups in total. The van der Waals surface area contributed by atoms with Gasteiger partial charge in [0.25, 0.3) is 0 Å². The Morgan fingerprint density at radius 3 is 2.57 bits per heavy atom. The van der Waals surface area contributed by atoms with E-state index in [-0.39, 0.29) is 6.10 Å². The van der Waals surface area contributed by atoms with Crippen LogP contribution in [0.4, 0.5) is 10.5 Å². The largest absolute Gasteiger partial charge is 0.494 e. The molecule has 2 aliphatic rings. The van der Waals surface area contributed by atoms with Crippen LogP contribution in [0.3, 0.4) is 0 Å². The van der Waals surface area contributed by atoms with Gasteiger partial charge in [-0.15, -0.1) is 0 Å². The highest BCUT2D eigenvalue weighted by Crippen LogP contribution is 2.44. The van der Waals surface area contributed by atoms with Crippen LogP contribution in [0.15, 0.2) is 47.6 Å². The average molecular weight is 475 g/mol. The number of nitrogens with zero attached hydrogens (tertiary/aromatic N) is 2. The summed E-state index contributed by atoms with van der Waals surface area (Å²) < 4.78 is 13.6. The molecule has 0 bridgehead atoms. The van der Waals surface area contributed by atoms with Crippen molar-refractivity contribution >= 4 is 28.4 Å². The molecule has 1 fully saturated rings. The third kappa shape index (κ3) is 4.47. The monoisotopic (exact) mass is 474 g/mol. The molecular weight excluding hydrogens is 440 g/mol. The van der Waals surface area contributed by atoms with Crippen LogP contribution in [0.25, 0.3) is 22.2 Å². The number of ether oxygens (including phenoxy) is 2. The van der Waals surface area contributed by atoms with Crippen LogP contribution < -0.4 is 15.5 Å². The fourth-order valence-electron chi connectivity index (χ4n) is 4.96. The van der Waals surface area contributed by atoms with E-state index in [4.69, 9.17) is 14.6 Å². The molecule has 7 heteroatoms. The molecule has 0 spiro atoms. The second kappa shape index (κ2) is 9.64. The molecule has 7 nitrogen and oxygen atoms in total. The predicted octanol–water partition coefficient (Wildman–Crippen LogP) is 6.33. The zero-order chi connectivity index (χ0) is 24.5. The van der Waals surface area contributed by atoms with Crippen LogP contribution in [0.5, 0.6) is 5.75 Å². The normalized spacial score (nSPS) is 17.7. The molecule has 2 heterocycles. The maximum atomic E-state index is 12.1. The number of hydrazone groups is 1. The number of amides is 1. The molecule has 1 aromatic heterocycles. The molecule has 1 amide bonds. The van der Waals surface area contributed by atoms with E-state index in [0.717, 1.165) is 36.4 Å². The van der Waals surface area contributed by atoms with E-state index in [1.54, 1.807) is 0 Å². The van der Waals surface area contributed by atoms with Crippen molar-refractivity contribution in [2.24, 2.45) is 11.0 Å². The standard InChI is InChI=1S/C28H34N4O3/c1-5-34-22-13-14-23-24(15-22)32(21-7-6-8-21)27(25(23)26-18(4)16-29-31-26)19-9-11-20(12-10-19)30-28(33)35-17(2)3/h9-15,17-18,21,29H,5-8,16H2,1-4H3,(H,30,33). The zero-order valence-electron chi connectivity index (χ0n) is 20.9. The number of fused-ring (bicyclic) bond motifs is 1. The molecule has 1 saturated carbocycles. The van der Waals surface area contributed by atoms with Crippen molar-refractivity contribution in [1.29, 1.82) is 0 Å². The van der Waals surface area contributed by atoms with Crippen LogP contribution in [-0.2, 0) is 4.74 Å². The molecule has 0 radical (unpaired) electrons. The lowest BCUT2D eigenvalue weighted by atomic mass is 9.91. The summed E-state index contributed by atoms with van der Waals surface area (Å²) in [6, 6.07) is 14.9. The highest BCUT2D eigenvalue weighted by Gasteiger charge is 2.32. The summed E-state index contributed by atoms with van der Waals surface area (Å²) in [5.74, 6) is 1.20. The molecule has 3 aromatic rings. The van der Waals surface area contributed by atoms with Crippen LogP contribution in [0.2, 0.25) is 0 Å². The number of benzene rings is 2. The van der Waals surface area contributed by atoms with Gasteiger partial charge < -0.3 is 19.5 Å². The Hall–Kier alpha value is -3.48. The summed E-state index contributed by atoms with van der Waals surface area (Å²) in [5, 5.41) is 8.75. The third-order valence-electron chi connectivity index (χ3n) is 6.79. The second-order valence-electron chi connectivity index (χ2n) is 9.71. The van der Waals surface area contributed by atoms with Crippen molar-refractivity contribution in [1.82, 2.24) is 9.99 Å². The first-order valence-corrected chi connectivity index (χ1v) is 12.7. The lowest BCUT2D eigenvalue weighted by molar-refractivity contribution is 0.130. The Morgan fingerprint density at radius 2 is 1.97 bits per heavy atom. The summed E-state index contributed by atoms with van der Waals surface area (Å²) in [4.78, 5) is 12.1. The first-order chi connectivity index (χ1) is 17.0. The molecule has 184 valence electrons. The molecule has 1 unspecified atom stereocenters. The highest BCUT2D eigenvalue weighted by atomic mass is 16.6. The minimum Gasteiger partial charge on any atom is -0.494 e. The van der Waals surface area contributed by atoms with Crippen molar-refractivity contribution in [2.75, 3.05) is 18.5 Å². The average Bonchev–Trinajstić information content (AvgIpc) is 3.34. The van der Waals surface area contributed by atoms with Crippen molar-refractivity contribution in [3.63, 3.8) is 0 Å². The molecule has 35 heavy (non-hydrogen) atoms. The Morgan fingerprint density at radius 1 is 1.20 bits per heavy atom. The molecule has 5 rings (SSSR count). The SMILES string of the molecule is CCOc1ccc2c(C3=NNCC3C)c(-c3ccc(NC(=O)OC(C)C)cc3)n(C3CCC3)c2c1. The number of carbonyl (C=O) groups excluding carboxylic acids is 1. The van der Waals surface area contributed by atoms with Gasteiger partial charge in [0.05, 0.1) is 29.6 Å². The zero-order valence-corrected chi connectivity index (χ0v) is 20.9. The molecule has 2 aromatic carbocycles. The van der Waals surface area contributed by atoms with Crippen LogP contribution in [0.1, 0.15) is 58.6 Å². The van der Waals surface area contributed by atoms with E-state index in [0.29, 0.717) is 24.3 Å². The van der Waals surface area contributed by atoms with E-state index in [2.05, 4.69) is 52.6 Å². The minimum absolute atomic E-state index is 0.167. The van der Waals surface area contributed by atoms with Gasteiger partial charge in [0.2, 0.25) is 0 Å². The van der Waals surface area contributed by atoms with E-state index >= 15 is 0 Å². The summed E-state index contributed by atoms with van der Waals surface area (Å²) in [6.45, 7) is 9.37. The number of hydrogen-bond donors (Lipinski definition) is 2. The fraction of sp³-hybridized carbons (Fsp3) is 0.429. The molecule has 1 atom stereocenters. The van der Waals surface area contributed by atoms with Crippen LogP contribution in [0, 0.1) is 5.92 Å². The molecule has 0 saturated heterocycles. The maximum Gasteiger partial charge on any atom is 0.411 e. The van der Waals surface area contributed by atoms with E-state index < -0.39 is 6.09 Å². The Bertz CT molecular complexity index is 1260. The highest BCUT2D eigenvalue weighted by molar-refractivity contribution is 6.17. The van der Waals surface area contributed by atoms with Gasteiger partial charge in [-0.3, -0.25) is 5.32 Å². The summed E-state index contributed by atoms with van der Waals surface area (Å²) in [6.07, 6.45) is 2.95. The minimum atomic E-state index is -0.444. The summed E-state index contributed by atoms with van der Waals surface area (Å²) in [7, 11) is 0. The number of carbonyl (C=O) groups is 1. The lowest BCUT2D eigenvalue weighted by Crippen LogP contribution is -2.19. The van der Waals surface area contributed by atoms with Crippen molar-refractivity contribution in [2.45, 2.75) is 59.1 Å². The van der Waals surface area contributed by atoms with Gasteiger partial charge in [-0.1, -0.05) is 19.1 Å². The Balaban J connectivity index is 1.65. The number of rotatable bonds is 7. The molecular formula is C28H34N4O3. The van der Waals surface area contributed by atoms with E-state index in [9.17, 15) is 4.79 Å².